The fraction of sp³-hybridized carbons (Fsp3) is 0.464. The van der Waals surface area contributed by atoms with Gasteiger partial charge in [-0.3, -0.25) is 4.90 Å². The van der Waals surface area contributed by atoms with Crippen molar-refractivity contribution in [3.63, 3.8) is 0 Å². The lowest BCUT2D eigenvalue weighted by atomic mass is 10.0. The molecule has 1 amide bonds. The molecule has 184 valence electrons. The number of hydrogen-bond acceptors (Lipinski definition) is 6. The highest BCUT2D eigenvalue weighted by atomic mass is 16.6. The minimum Gasteiger partial charge on any atom is -0.494 e. The lowest BCUT2D eigenvalue weighted by Gasteiger charge is -2.39. The molecule has 7 nitrogen and oxygen atoms in total. The number of likely N-dealkylation sites (tertiary alicyclic amines) is 1. The van der Waals surface area contributed by atoms with Crippen molar-refractivity contribution in [3.8, 4) is 17.9 Å². The Kier molecular flexibility index (Phi) is 9.11. The van der Waals surface area contributed by atoms with E-state index in [2.05, 4.69) is 17.0 Å². The molecule has 2 aromatic rings. The van der Waals surface area contributed by atoms with Crippen LogP contribution < -0.4 is 4.74 Å². The normalized spacial score (nSPS) is 14.5. The average molecular weight is 475 g/mol. The molecule has 35 heavy (non-hydrogen) atoms. The molecule has 3 rings (SSSR count). The van der Waals surface area contributed by atoms with E-state index in [1.54, 1.807) is 24.3 Å². The summed E-state index contributed by atoms with van der Waals surface area (Å²) in [5, 5.41) is 17.9. The van der Waals surface area contributed by atoms with Gasteiger partial charge in [-0.15, -0.1) is 0 Å². The van der Waals surface area contributed by atoms with Crippen LogP contribution in [0.2, 0.25) is 0 Å². The third-order valence-corrected chi connectivity index (χ3v) is 5.91. The SMILES string of the molecule is CC(C)(C)OC(=O)N(CCCOc1ccc(C#N)cc1)C1CCN(Cc2ccc(C#N)cc2)CC1. The van der Waals surface area contributed by atoms with Crippen LogP contribution >= 0.6 is 0 Å². The van der Waals surface area contributed by atoms with Gasteiger partial charge in [0.25, 0.3) is 0 Å². The Morgan fingerprint density at radius 2 is 1.57 bits per heavy atom. The number of carbonyl (C=O) groups excluding carboxylic acids is 1. The van der Waals surface area contributed by atoms with Crippen LogP contribution in [0.4, 0.5) is 4.79 Å². The van der Waals surface area contributed by atoms with E-state index in [0.717, 1.165) is 32.5 Å². The van der Waals surface area contributed by atoms with Crippen molar-refractivity contribution in [1.29, 1.82) is 10.5 Å². The van der Waals surface area contributed by atoms with Gasteiger partial charge in [-0.1, -0.05) is 12.1 Å². The van der Waals surface area contributed by atoms with Crippen LogP contribution in [0.5, 0.6) is 5.75 Å². The van der Waals surface area contributed by atoms with Crippen LogP contribution in [0.25, 0.3) is 0 Å². The zero-order valence-electron chi connectivity index (χ0n) is 20.9. The van der Waals surface area contributed by atoms with Crippen LogP contribution in [0.3, 0.4) is 0 Å². The van der Waals surface area contributed by atoms with Gasteiger partial charge < -0.3 is 14.4 Å². The van der Waals surface area contributed by atoms with Gasteiger partial charge in [0.2, 0.25) is 0 Å². The zero-order valence-corrected chi connectivity index (χ0v) is 20.9. The highest BCUT2D eigenvalue weighted by Crippen LogP contribution is 2.22. The molecular weight excluding hydrogens is 440 g/mol. The van der Waals surface area contributed by atoms with E-state index in [0.29, 0.717) is 36.4 Å². The predicted octanol–water partition coefficient (Wildman–Crippen LogP) is 5.10. The molecule has 0 aromatic heterocycles. The van der Waals surface area contributed by atoms with E-state index in [9.17, 15) is 4.79 Å². The first-order valence-electron chi connectivity index (χ1n) is 12.1. The number of carbonyl (C=O) groups is 1. The molecule has 0 unspecified atom stereocenters. The van der Waals surface area contributed by atoms with Crippen molar-refractivity contribution in [3.05, 3.63) is 65.2 Å². The number of amides is 1. The van der Waals surface area contributed by atoms with Crippen molar-refractivity contribution in [2.75, 3.05) is 26.2 Å². The van der Waals surface area contributed by atoms with Gasteiger partial charge in [0.15, 0.2) is 0 Å². The van der Waals surface area contributed by atoms with Crippen LogP contribution in [0.15, 0.2) is 48.5 Å². The van der Waals surface area contributed by atoms with Crippen LogP contribution in [0.1, 0.15) is 56.7 Å². The van der Waals surface area contributed by atoms with E-state index in [-0.39, 0.29) is 12.1 Å². The molecule has 1 fully saturated rings. The van der Waals surface area contributed by atoms with Gasteiger partial charge in [-0.05, 0) is 82.0 Å². The van der Waals surface area contributed by atoms with Crippen LogP contribution in [-0.2, 0) is 11.3 Å². The molecule has 0 bridgehead atoms. The highest BCUT2D eigenvalue weighted by Gasteiger charge is 2.30. The third-order valence-electron chi connectivity index (χ3n) is 5.91. The van der Waals surface area contributed by atoms with Crippen molar-refractivity contribution >= 4 is 6.09 Å². The summed E-state index contributed by atoms with van der Waals surface area (Å²) in [5.74, 6) is 0.712. The van der Waals surface area contributed by atoms with Crippen LogP contribution in [-0.4, -0.2) is 53.8 Å². The minimum absolute atomic E-state index is 0.122. The molecule has 1 saturated heterocycles. The van der Waals surface area contributed by atoms with Gasteiger partial charge in [0.1, 0.15) is 11.4 Å². The van der Waals surface area contributed by atoms with E-state index >= 15 is 0 Å². The Labute approximate surface area is 208 Å². The van der Waals surface area contributed by atoms with Crippen molar-refractivity contribution in [1.82, 2.24) is 9.80 Å². The molecule has 0 saturated carbocycles. The Morgan fingerprint density at radius 1 is 1.00 bits per heavy atom. The van der Waals surface area contributed by atoms with Crippen molar-refractivity contribution in [2.45, 2.75) is 58.2 Å². The standard InChI is InChI=1S/C28H34N4O3/c1-28(2,3)35-27(33)32(15-4-18-34-26-11-9-23(20-30)10-12-26)25-13-16-31(17-14-25)21-24-7-5-22(19-29)6-8-24/h5-12,25H,4,13-18,21H2,1-3H3. The number of ether oxygens (including phenoxy) is 2. The lowest BCUT2D eigenvalue weighted by molar-refractivity contribution is 0.00674. The molecule has 1 heterocycles. The first-order chi connectivity index (χ1) is 16.8. The molecule has 0 radical (unpaired) electrons. The molecule has 0 atom stereocenters. The van der Waals surface area contributed by atoms with Gasteiger partial charge in [0.05, 0.1) is 29.9 Å². The second-order valence-corrected chi connectivity index (χ2v) is 9.83. The molecule has 7 heteroatoms. The second-order valence-electron chi connectivity index (χ2n) is 9.83. The molecule has 0 N–H and O–H groups in total. The first-order valence-corrected chi connectivity index (χ1v) is 12.1. The van der Waals surface area contributed by atoms with E-state index in [1.165, 1.54) is 5.56 Å². The van der Waals surface area contributed by atoms with E-state index < -0.39 is 5.60 Å². The Morgan fingerprint density at radius 3 is 2.11 bits per heavy atom. The number of piperidine rings is 1. The van der Waals surface area contributed by atoms with Gasteiger partial charge >= 0.3 is 6.09 Å². The number of hydrogen-bond donors (Lipinski definition) is 0. The molecular formula is C28H34N4O3. The fourth-order valence-electron chi connectivity index (χ4n) is 4.13. The van der Waals surface area contributed by atoms with Gasteiger partial charge in [-0.2, -0.15) is 10.5 Å². The smallest absolute Gasteiger partial charge is 0.410 e. The Bertz CT molecular complexity index is 1040. The van der Waals surface area contributed by atoms with Crippen molar-refractivity contribution in [2.24, 2.45) is 0 Å². The quantitative estimate of drug-likeness (QED) is 0.495. The summed E-state index contributed by atoms with van der Waals surface area (Å²) in [5.41, 5.74) is 1.90. The number of nitriles is 2. The summed E-state index contributed by atoms with van der Waals surface area (Å²) in [6.07, 6.45) is 2.17. The number of rotatable bonds is 8. The second kappa shape index (κ2) is 12.2. The topological polar surface area (TPSA) is 89.6 Å². The molecule has 0 spiro atoms. The first kappa shape index (κ1) is 26.1. The third kappa shape index (κ3) is 8.31. The largest absolute Gasteiger partial charge is 0.494 e. The van der Waals surface area contributed by atoms with Crippen molar-refractivity contribution < 1.29 is 14.3 Å². The lowest BCUT2D eigenvalue weighted by Crippen LogP contribution is -2.49. The summed E-state index contributed by atoms with van der Waals surface area (Å²) >= 11 is 0. The predicted molar refractivity (Wildman–Crippen MR) is 134 cm³/mol. The summed E-state index contributed by atoms with van der Waals surface area (Å²) in [6, 6.07) is 19.1. The summed E-state index contributed by atoms with van der Waals surface area (Å²) in [6.45, 7) is 9.32. The summed E-state index contributed by atoms with van der Waals surface area (Å²) in [7, 11) is 0. The molecule has 2 aromatic carbocycles. The highest BCUT2D eigenvalue weighted by molar-refractivity contribution is 5.68. The maximum Gasteiger partial charge on any atom is 0.410 e. The van der Waals surface area contributed by atoms with Gasteiger partial charge in [0, 0.05) is 32.2 Å². The van der Waals surface area contributed by atoms with Crippen LogP contribution in [0, 0.1) is 22.7 Å². The zero-order chi connectivity index (χ0) is 25.3. The maximum atomic E-state index is 13.0. The molecule has 0 aliphatic carbocycles. The van der Waals surface area contributed by atoms with Gasteiger partial charge in [-0.25, -0.2) is 4.79 Å². The summed E-state index contributed by atoms with van der Waals surface area (Å²) in [4.78, 5) is 17.3. The summed E-state index contributed by atoms with van der Waals surface area (Å²) < 4.78 is 11.5. The average Bonchev–Trinajstić information content (AvgIpc) is 2.84. The maximum absolute atomic E-state index is 13.0. The fourth-order valence-corrected chi connectivity index (χ4v) is 4.13. The Hall–Kier alpha value is -3.55. The van der Waals surface area contributed by atoms with E-state index in [4.69, 9.17) is 20.0 Å². The minimum atomic E-state index is -0.551. The molecule has 1 aliphatic rings. The monoisotopic (exact) mass is 474 g/mol. The van der Waals surface area contributed by atoms with E-state index in [1.807, 2.05) is 49.9 Å². The number of benzene rings is 2. The number of nitrogens with zero attached hydrogens (tertiary/aromatic N) is 4. The molecule has 1 aliphatic heterocycles. The Balaban J connectivity index is 1.53.